The summed E-state index contributed by atoms with van der Waals surface area (Å²) in [5.41, 5.74) is 1.02. The minimum atomic E-state index is -0.607. The van der Waals surface area contributed by atoms with Gasteiger partial charge in [-0.1, -0.05) is 6.92 Å². The molecule has 1 fully saturated rings. The van der Waals surface area contributed by atoms with Crippen LogP contribution >= 0.6 is 0 Å². The van der Waals surface area contributed by atoms with Crippen molar-refractivity contribution >= 4 is 5.91 Å². The quantitative estimate of drug-likeness (QED) is 0.824. The van der Waals surface area contributed by atoms with Crippen LogP contribution in [0, 0.1) is 0 Å². The first-order valence-electron chi connectivity index (χ1n) is 7.12. The van der Waals surface area contributed by atoms with Gasteiger partial charge in [0.25, 0.3) is 0 Å². The number of ether oxygens (including phenoxy) is 1. The Bertz CT molecular complexity index is 458. The van der Waals surface area contributed by atoms with Gasteiger partial charge in [0, 0.05) is 17.9 Å². The number of nitrogens with one attached hydrogen (secondary N) is 1. The van der Waals surface area contributed by atoms with Crippen LogP contribution in [-0.4, -0.2) is 57.3 Å². The largest absolute Gasteiger partial charge is 0.388 e. The third kappa shape index (κ3) is 3.19. The maximum absolute atomic E-state index is 12.5. The van der Waals surface area contributed by atoms with Gasteiger partial charge in [0.1, 0.15) is 5.82 Å². The fourth-order valence-electron chi connectivity index (χ4n) is 2.56. The van der Waals surface area contributed by atoms with Gasteiger partial charge in [0.05, 0.1) is 31.8 Å². The molecule has 0 aromatic carbocycles. The van der Waals surface area contributed by atoms with Gasteiger partial charge in [0.15, 0.2) is 0 Å². The number of carbonyl (C=O) groups excluding carboxylic acids is 1. The molecular weight excluding hydrogens is 258 g/mol. The van der Waals surface area contributed by atoms with E-state index in [2.05, 4.69) is 9.97 Å². The van der Waals surface area contributed by atoms with E-state index in [4.69, 9.17) is 4.74 Å². The number of aromatic nitrogens is 2. The molecule has 2 rings (SSSR count). The number of rotatable bonds is 5. The zero-order valence-corrected chi connectivity index (χ0v) is 12.3. The standard InChI is InChI=1S/C14H23N3O3/c1-4-10-6-15-13(16-10)5-14(19)17(9(2)3)11-7-20-8-12(11)18/h6,9,11-12,18H,4-5,7-8H2,1-3H3,(H,15,16)/t11-,12-/m1/s1. The van der Waals surface area contributed by atoms with Gasteiger partial charge < -0.3 is 19.7 Å². The molecule has 112 valence electrons. The van der Waals surface area contributed by atoms with Gasteiger partial charge in [0.2, 0.25) is 5.91 Å². The molecule has 6 nitrogen and oxygen atoms in total. The summed E-state index contributed by atoms with van der Waals surface area (Å²) in [6, 6.07) is -0.243. The molecule has 0 aliphatic carbocycles. The molecule has 1 aromatic rings. The van der Waals surface area contributed by atoms with Crippen molar-refractivity contribution in [3.8, 4) is 0 Å². The summed E-state index contributed by atoms with van der Waals surface area (Å²) in [5.74, 6) is 0.637. The molecule has 2 atom stereocenters. The maximum Gasteiger partial charge on any atom is 0.230 e. The summed E-state index contributed by atoms with van der Waals surface area (Å²) < 4.78 is 5.26. The van der Waals surface area contributed by atoms with Crippen molar-refractivity contribution in [3.05, 3.63) is 17.7 Å². The number of amides is 1. The average molecular weight is 281 g/mol. The first-order chi connectivity index (χ1) is 9.52. The zero-order valence-electron chi connectivity index (χ0n) is 12.3. The van der Waals surface area contributed by atoms with E-state index in [0.717, 1.165) is 12.1 Å². The second-order valence-corrected chi connectivity index (χ2v) is 5.45. The molecule has 0 radical (unpaired) electrons. The Morgan fingerprint density at radius 1 is 1.60 bits per heavy atom. The molecule has 1 aliphatic rings. The van der Waals surface area contributed by atoms with Crippen LogP contribution in [0.5, 0.6) is 0 Å². The molecule has 1 aliphatic heterocycles. The Morgan fingerprint density at radius 3 is 2.85 bits per heavy atom. The number of hydrogen-bond acceptors (Lipinski definition) is 4. The first-order valence-corrected chi connectivity index (χ1v) is 7.12. The molecular formula is C14H23N3O3. The third-order valence-electron chi connectivity index (χ3n) is 3.60. The summed E-state index contributed by atoms with van der Waals surface area (Å²) in [5, 5.41) is 9.92. The van der Waals surface area contributed by atoms with Crippen LogP contribution in [0.25, 0.3) is 0 Å². The van der Waals surface area contributed by atoms with Crippen LogP contribution < -0.4 is 0 Å². The van der Waals surface area contributed by atoms with E-state index in [-0.39, 0.29) is 24.4 Å². The number of aliphatic hydroxyl groups is 1. The predicted octanol–water partition coefficient (Wildman–Crippen LogP) is 0.511. The lowest BCUT2D eigenvalue weighted by atomic mass is 10.1. The van der Waals surface area contributed by atoms with Crippen LogP contribution in [-0.2, 0) is 22.4 Å². The molecule has 1 aromatic heterocycles. The molecule has 0 bridgehead atoms. The lowest BCUT2D eigenvalue weighted by Crippen LogP contribution is -2.50. The van der Waals surface area contributed by atoms with E-state index < -0.39 is 6.10 Å². The van der Waals surface area contributed by atoms with Crippen LogP contribution in [0.4, 0.5) is 0 Å². The van der Waals surface area contributed by atoms with Crippen LogP contribution in [0.3, 0.4) is 0 Å². The van der Waals surface area contributed by atoms with E-state index in [1.807, 2.05) is 20.8 Å². The Kier molecular flexibility index (Phi) is 4.77. The highest BCUT2D eigenvalue weighted by Gasteiger charge is 2.36. The number of aromatic amines is 1. The third-order valence-corrected chi connectivity index (χ3v) is 3.60. The van der Waals surface area contributed by atoms with Crippen molar-refractivity contribution in [2.75, 3.05) is 13.2 Å². The van der Waals surface area contributed by atoms with Gasteiger partial charge in [-0.05, 0) is 20.3 Å². The molecule has 0 saturated carbocycles. The summed E-state index contributed by atoms with van der Waals surface area (Å²) in [6.45, 7) is 6.61. The van der Waals surface area contributed by atoms with E-state index >= 15 is 0 Å². The highest BCUT2D eigenvalue weighted by molar-refractivity contribution is 5.78. The van der Waals surface area contributed by atoms with Gasteiger partial charge in [-0.25, -0.2) is 4.98 Å². The topological polar surface area (TPSA) is 78.5 Å². The van der Waals surface area contributed by atoms with Crippen LogP contribution in [0.15, 0.2) is 6.20 Å². The molecule has 20 heavy (non-hydrogen) atoms. The van der Waals surface area contributed by atoms with Crippen molar-refractivity contribution in [1.29, 1.82) is 0 Å². The molecule has 2 N–H and O–H groups in total. The highest BCUT2D eigenvalue weighted by Crippen LogP contribution is 2.17. The Hall–Kier alpha value is -1.40. The average Bonchev–Trinajstić information content (AvgIpc) is 2.99. The van der Waals surface area contributed by atoms with Crippen molar-refractivity contribution in [3.63, 3.8) is 0 Å². The number of aryl methyl sites for hydroxylation is 1. The lowest BCUT2D eigenvalue weighted by Gasteiger charge is -2.33. The number of hydrogen-bond donors (Lipinski definition) is 2. The van der Waals surface area contributed by atoms with Crippen LogP contribution in [0.2, 0.25) is 0 Å². The first kappa shape index (κ1) is 15.0. The summed E-state index contributed by atoms with van der Waals surface area (Å²) >= 11 is 0. The highest BCUT2D eigenvalue weighted by atomic mass is 16.5. The number of carbonyl (C=O) groups is 1. The van der Waals surface area contributed by atoms with E-state index in [1.54, 1.807) is 11.1 Å². The SMILES string of the molecule is CCc1cnc(CC(=O)N(C(C)C)[C@@H]2COC[C@H]2O)[nH]1. The van der Waals surface area contributed by atoms with Gasteiger partial charge in [-0.15, -0.1) is 0 Å². The van der Waals surface area contributed by atoms with E-state index in [0.29, 0.717) is 19.0 Å². The van der Waals surface area contributed by atoms with Gasteiger partial charge in [-0.3, -0.25) is 4.79 Å². The van der Waals surface area contributed by atoms with Crippen LogP contribution in [0.1, 0.15) is 32.3 Å². The smallest absolute Gasteiger partial charge is 0.230 e. The lowest BCUT2D eigenvalue weighted by molar-refractivity contribution is -0.136. The Morgan fingerprint density at radius 2 is 2.35 bits per heavy atom. The minimum Gasteiger partial charge on any atom is -0.388 e. The normalized spacial score (nSPS) is 22.4. The maximum atomic E-state index is 12.5. The Balaban J connectivity index is 2.07. The fraction of sp³-hybridized carbons (Fsp3) is 0.714. The molecule has 6 heteroatoms. The summed E-state index contributed by atoms with van der Waals surface area (Å²) in [7, 11) is 0. The molecule has 0 spiro atoms. The number of imidazole rings is 1. The molecule has 0 unspecified atom stereocenters. The van der Waals surface area contributed by atoms with Gasteiger partial charge in [-0.2, -0.15) is 0 Å². The monoisotopic (exact) mass is 281 g/mol. The van der Waals surface area contributed by atoms with Crippen molar-refractivity contribution < 1.29 is 14.6 Å². The second kappa shape index (κ2) is 6.37. The van der Waals surface area contributed by atoms with E-state index in [9.17, 15) is 9.90 Å². The minimum absolute atomic E-state index is 0.0180. The van der Waals surface area contributed by atoms with Crippen molar-refractivity contribution in [2.45, 2.75) is 51.8 Å². The summed E-state index contributed by atoms with van der Waals surface area (Å²) in [6.07, 6.45) is 2.24. The molecule has 1 amide bonds. The zero-order chi connectivity index (χ0) is 14.7. The van der Waals surface area contributed by atoms with Gasteiger partial charge >= 0.3 is 0 Å². The number of aliphatic hydroxyl groups excluding tert-OH is 1. The van der Waals surface area contributed by atoms with Crippen molar-refractivity contribution in [1.82, 2.24) is 14.9 Å². The number of H-pyrrole nitrogens is 1. The second-order valence-electron chi connectivity index (χ2n) is 5.45. The van der Waals surface area contributed by atoms with E-state index in [1.165, 1.54) is 0 Å². The number of nitrogens with zero attached hydrogens (tertiary/aromatic N) is 2. The van der Waals surface area contributed by atoms with Crippen molar-refractivity contribution in [2.24, 2.45) is 0 Å². The molecule has 1 saturated heterocycles. The molecule has 2 heterocycles. The summed E-state index contributed by atoms with van der Waals surface area (Å²) in [4.78, 5) is 21.6. The Labute approximate surface area is 119 Å². The fourth-order valence-corrected chi connectivity index (χ4v) is 2.56. The predicted molar refractivity (Wildman–Crippen MR) is 74.3 cm³/mol.